The van der Waals surface area contributed by atoms with Crippen molar-refractivity contribution in [2.75, 3.05) is 25.2 Å². The van der Waals surface area contributed by atoms with Crippen LogP contribution in [-0.2, 0) is 0 Å². The van der Waals surface area contributed by atoms with E-state index < -0.39 is 0 Å². The highest BCUT2D eigenvalue weighted by atomic mass is 35.5. The molecular weight excluding hydrogens is 268 g/mol. The smallest absolute Gasteiger partial charge is 0.190 e. The molecule has 1 heterocycles. The summed E-state index contributed by atoms with van der Waals surface area (Å²) in [6.45, 7) is 3.10. The van der Waals surface area contributed by atoms with Crippen LogP contribution in [0.25, 0.3) is 0 Å². The predicted octanol–water partition coefficient (Wildman–Crippen LogP) is 2.75. The monoisotopic (exact) mass is 286 g/mol. The molecule has 4 nitrogen and oxygen atoms in total. The second-order valence-corrected chi connectivity index (χ2v) is 5.85. The topological polar surface area (TPSA) is 41.1 Å². The molecule has 6 heteroatoms. The summed E-state index contributed by atoms with van der Waals surface area (Å²) < 4.78 is 0. The molecule has 1 aliphatic carbocycles. The molecule has 1 fully saturated rings. The summed E-state index contributed by atoms with van der Waals surface area (Å²) in [4.78, 5) is 10.9. The summed E-state index contributed by atoms with van der Waals surface area (Å²) in [6, 6.07) is 3.03. The van der Waals surface area contributed by atoms with Crippen molar-refractivity contribution >= 4 is 29.2 Å². The van der Waals surface area contributed by atoms with Crippen LogP contribution in [0.15, 0.2) is 11.2 Å². The summed E-state index contributed by atoms with van der Waals surface area (Å²) in [6.07, 6.45) is 4.60. The van der Waals surface area contributed by atoms with Crippen LogP contribution >= 0.6 is 23.4 Å². The van der Waals surface area contributed by atoms with E-state index in [0.29, 0.717) is 16.4 Å². The van der Waals surface area contributed by atoms with Crippen molar-refractivity contribution in [1.29, 1.82) is 0 Å². The van der Waals surface area contributed by atoms with Crippen molar-refractivity contribution in [3.8, 4) is 0 Å². The van der Waals surface area contributed by atoms with Gasteiger partial charge in [0.05, 0.1) is 0 Å². The maximum atomic E-state index is 5.95. The molecule has 1 atom stereocenters. The quantitative estimate of drug-likeness (QED) is 0.495. The van der Waals surface area contributed by atoms with E-state index in [0.717, 1.165) is 18.4 Å². The number of nitrogens with zero attached hydrogens (tertiary/aromatic N) is 3. The van der Waals surface area contributed by atoms with Gasteiger partial charge in [-0.2, -0.15) is 0 Å². The lowest BCUT2D eigenvalue weighted by Gasteiger charge is -2.24. The predicted molar refractivity (Wildman–Crippen MR) is 77.6 cm³/mol. The second-order valence-electron chi connectivity index (χ2n) is 4.69. The largest absolute Gasteiger partial charge is 0.368 e. The molecule has 1 unspecified atom stereocenters. The Morgan fingerprint density at radius 2 is 2.28 bits per heavy atom. The zero-order chi connectivity index (χ0) is 13.1. The van der Waals surface area contributed by atoms with Gasteiger partial charge in [0.15, 0.2) is 5.16 Å². The molecule has 1 aliphatic rings. The highest BCUT2D eigenvalue weighted by molar-refractivity contribution is 7.98. The summed E-state index contributed by atoms with van der Waals surface area (Å²) >= 11 is 7.45. The van der Waals surface area contributed by atoms with Crippen molar-refractivity contribution in [3.63, 3.8) is 0 Å². The SMILES string of the molecule is CSc1nc(Cl)cc(NCC(C)N(C)C2CC2)n1. The van der Waals surface area contributed by atoms with Gasteiger partial charge in [-0.05, 0) is 33.1 Å². The van der Waals surface area contributed by atoms with Crippen molar-refractivity contribution < 1.29 is 0 Å². The van der Waals surface area contributed by atoms with Crippen LogP contribution in [-0.4, -0.2) is 46.8 Å². The molecule has 1 aromatic rings. The molecule has 100 valence electrons. The molecule has 18 heavy (non-hydrogen) atoms. The Kier molecular flexibility index (Phi) is 4.70. The molecule has 2 rings (SSSR count). The fourth-order valence-electron chi connectivity index (χ4n) is 1.82. The van der Waals surface area contributed by atoms with Crippen LogP contribution in [0.3, 0.4) is 0 Å². The maximum absolute atomic E-state index is 5.95. The summed E-state index contributed by atoms with van der Waals surface area (Å²) in [5.41, 5.74) is 0. The maximum Gasteiger partial charge on any atom is 0.190 e. The van der Waals surface area contributed by atoms with E-state index in [2.05, 4.69) is 34.2 Å². The number of hydrogen-bond donors (Lipinski definition) is 1. The summed E-state index contributed by atoms with van der Waals surface area (Å²) in [5, 5.41) is 4.52. The fourth-order valence-corrected chi connectivity index (χ4v) is 2.43. The third-order valence-electron chi connectivity index (χ3n) is 3.25. The Balaban J connectivity index is 1.90. The third-order valence-corrected chi connectivity index (χ3v) is 3.99. The Hall–Kier alpha value is -0.520. The molecule has 1 aromatic heterocycles. The molecular formula is C12H19ClN4S. The Morgan fingerprint density at radius 3 is 2.89 bits per heavy atom. The summed E-state index contributed by atoms with van der Waals surface area (Å²) in [5.74, 6) is 0.801. The first-order valence-electron chi connectivity index (χ1n) is 6.14. The number of aromatic nitrogens is 2. The normalized spacial score (nSPS) is 16.9. The van der Waals surface area contributed by atoms with Crippen molar-refractivity contribution in [2.24, 2.45) is 0 Å². The fraction of sp³-hybridized carbons (Fsp3) is 0.667. The molecule has 0 spiro atoms. The highest BCUT2D eigenvalue weighted by Crippen LogP contribution is 2.27. The van der Waals surface area contributed by atoms with Gasteiger partial charge in [0.1, 0.15) is 11.0 Å². The van der Waals surface area contributed by atoms with E-state index in [1.807, 2.05) is 6.26 Å². The minimum absolute atomic E-state index is 0.486. The van der Waals surface area contributed by atoms with Gasteiger partial charge in [0.25, 0.3) is 0 Å². The summed E-state index contributed by atoms with van der Waals surface area (Å²) in [7, 11) is 2.18. The highest BCUT2D eigenvalue weighted by Gasteiger charge is 2.28. The number of thioether (sulfide) groups is 1. The molecule has 0 amide bonds. The lowest BCUT2D eigenvalue weighted by Crippen LogP contribution is -2.36. The first-order valence-corrected chi connectivity index (χ1v) is 7.75. The Bertz CT molecular complexity index is 411. The first kappa shape index (κ1) is 13.9. The molecule has 0 radical (unpaired) electrons. The van der Waals surface area contributed by atoms with Gasteiger partial charge < -0.3 is 5.32 Å². The molecule has 1 N–H and O–H groups in total. The lowest BCUT2D eigenvalue weighted by molar-refractivity contribution is 0.257. The van der Waals surface area contributed by atoms with Gasteiger partial charge in [-0.15, -0.1) is 0 Å². The Labute approximate surface area is 118 Å². The number of likely N-dealkylation sites (N-methyl/N-ethyl adjacent to an activating group) is 1. The van der Waals surface area contributed by atoms with Crippen molar-refractivity contribution in [3.05, 3.63) is 11.2 Å². The van der Waals surface area contributed by atoms with Crippen molar-refractivity contribution in [2.45, 2.75) is 37.0 Å². The molecule has 0 bridgehead atoms. The standard InChI is InChI=1S/C12H19ClN4S/c1-8(17(2)9-4-5-9)7-14-11-6-10(13)15-12(16-11)18-3/h6,8-9H,4-5,7H2,1-3H3,(H,14,15,16). The van der Waals surface area contributed by atoms with Crippen LogP contribution in [0, 0.1) is 0 Å². The van der Waals surface area contributed by atoms with Crippen LogP contribution in [0.4, 0.5) is 5.82 Å². The molecule has 0 saturated heterocycles. The van der Waals surface area contributed by atoms with Gasteiger partial charge in [-0.3, -0.25) is 4.90 Å². The van der Waals surface area contributed by atoms with E-state index in [1.165, 1.54) is 24.6 Å². The first-order chi connectivity index (χ1) is 8.60. The average Bonchev–Trinajstić information content (AvgIpc) is 3.18. The van der Waals surface area contributed by atoms with Crippen LogP contribution in [0.2, 0.25) is 5.15 Å². The minimum atomic E-state index is 0.486. The van der Waals surface area contributed by atoms with Gasteiger partial charge >= 0.3 is 0 Å². The van der Waals surface area contributed by atoms with E-state index in [9.17, 15) is 0 Å². The molecule has 1 saturated carbocycles. The van der Waals surface area contributed by atoms with Crippen LogP contribution < -0.4 is 5.32 Å². The van der Waals surface area contributed by atoms with Crippen LogP contribution in [0.1, 0.15) is 19.8 Å². The number of nitrogens with one attached hydrogen (secondary N) is 1. The molecule has 0 aliphatic heterocycles. The number of halogens is 1. The van der Waals surface area contributed by atoms with Crippen molar-refractivity contribution in [1.82, 2.24) is 14.9 Å². The zero-order valence-electron chi connectivity index (χ0n) is 11.0. The van der Waals surface area contributed by atoms with Gasteiger partial charge in [0, 0.05) is 24.7 Å². The zero-order valence-corrected chi connectivity index (χ0v) is 12.6. The van der Waals surface area contributed by atoms with E-state index in [4.69, 9.17) is 11.6 Å². The van der Waals surface area contributed by atoms with Gasteiger partial charge in [-0.25, -0.2) is 9.97 Å². The molecule has 0 aromatic carbocycles. The third kappa shape index (κ3) is 3.73. The van der Waals surface area contributed by atoms with E-state index >= 15 is 0 Å². The lowest BCUT2D eigenvalue weighted by atomic mass is 10.3. The Morgan fingerprint density at radius 1 is 1.56 bits per heavy atom. The average molecular weight is 287 g/mol. The number of rotatable bonds is 6. The van der Waals surface area contributed by atoms with E-state index in [-0.39, 0.29) is 0 Å². The van der Waals surface area contributed by atoms with Gasteiger partial charge in [-0.1, -0.05) is 23.4 Å². The second kappa shape index (κ2) is 6.08. The van der Waals surface area contributed by atoms with E-state index in [1.54, 1.807) is 6.07 Å². The number of hydrogen-bond acceptors (Lipinski definition) is 5. The minimum Gasteiger partial charge on any atom is -0.368 e. The van der Waals surface area contributed by atoms with Crippen LogP contribution in [0.5, 0.6) is 0 Å². The van der Waals surface area contributed by atoms with Gasteiger partial charge in [0.2, 0.25) is 0 Å². The number of anilines is 1.